The van der Waals surface area contributed by atoms with E-state index in [2.05, 4.69) is 21.4 Å². The molecule has 1 saturated heterocycles. The van der Waals surface area contributed by atoms with Crippen LogP contribution in [0.3, 0.4) is 0 Å². The molecule has 2 unspecified atom stereocenters. The number of nitrogens with two attached hydrogens (primary N) is 1. The first-order chi connectivity index (χ1) is 9.83. The Morgan fingerprint density at radius 1 is 1.30 bits per heavy atom. The van der Waals surface area contributed by atoms with E-state index >= 15 is 0 Å². The summed E-state index contributed by atoms with van der Waals surface area (Å²) in [5, 5.41) is 0. The normalized spacial score (nSPS) is 26.4. The molecule has 4 nitrogen and oxygen atoms in total. The van der Waals surface area contributed by atoms with Crippen LogP contribution in [0, 0.1) is 5.92 Å². The van der Waals surface area contributed by atoms with E-state index in [4.69, 9.17) is 5.73 Å². The predicted octanol–water partition coefficient (Wildman–Crippen LogP) is 2.73. The lowest BCUT2D eigenvalue weighted by Gasteiger charge is -2.30. The minimum Gasteiger partial charge on any atom is -0.330 e. The summed E-state index contributed by atoms with van der Waals surface area (Å²) in [4.78, 5) is 6.99. The quantitative estimate of drug-likeness (QED) is 0.899. The van der Waals surface area contributed by atoms with Crippen LogP contribution in [0.1, 0.15) is 63.2 Å². The topological polar surface area (TPSA) is 47.1 Å². The molecule has 3 rings (SSSR count). The highest BCUT2D eigenvalue weighted by molar-refractivity contribution is 5.10. The lowest BCUT2D eigenvalue weighted by molar-refractivity contribution is 0.199. The van der Waals surface area contributed by atoms with Gasteiger partial charge in [-0.05, 0) is 51.1 Å². The maximum Gasteiger partial charge on any atom is 0.0951 e. The van der Waals surface area contributed by atoms with E-state index in [0.717, 1.165) is 5.92 Å². The molecule has 2 fully saturated rings. The van der Waals surface area contributed by atoms with Gasteiger partial charge in [0.05, 0.1) is 18.1 Å². The molecule has 4 heteroatoms. The number of nitrogens with zero attached hydrogens (tertiary/aromatic N) is 3. The van der Waals surface area contributed by atoms with Gasteiger partial charge in [0.25, 0.3) is 0 Å². The van der Waals surface area contributed by atoms with Crippen LogP contribution in [-0.2, 0) is 0 Å². The van der Waals surface area contributed by atoms with Crippen molar-refractivity contribution in [1.82, 2.24) is 14.5 Å². The fraction of sp³-hybridized carbons (Fsp3) is 0.812. The Morgan fingerprint density at radius 2 is 2.15 bits per heavy atom. The second kappa shape index (κ2) is 6.27. The highest BCUT2D eigenvalue weighted by Crippen LogP contribution is 2.38. The van der Waals surface area contributed by atoms with Crippen molar-refractivity contribution in [3.05, 3.63) is 18.2 Å². The van der Waals surface area contributed by atoms with Gasteiger partial charge in [-0.3, -0.25) is 4.90 Å². The summed E-state index contributed by atoms with van der Waals surface area (Å²) in [6.45, 7) is 5.41. The first-order valence-corrected chi connectivity index (χ1v) is 8.29. The van der Waals surface area contributed by atoms with Crippen LogP contribution in [-0.4, -0.2) is 34.1 Å². The van der Waals surface area contributed by atoms with Crippen LogP contribution in [0.5, 0.6) is 0 Å². The third-order valence-corrected chi connectivity index (χ3v) is 5.10. The van der Waals surface area contributed by atoms with Crippen molar-refractivity contribution in [3.63, 3.8) is 0 Å². The predicted molar refractivity (Wildman–Crippen MR) is 81.5 cm³/mol. The lowest BCUT2D eigenvalue weighted by atomic mass is 9.98. The molecule has 2 N–H and O–H groups in total. The Morgan fingerprint density at radius 3 is 2.85 bits per heavy atom. The van der Waals surface area contributed by atoms with Crippen molar-refractivity contribution in [2.45, 2.75) is 57.5 Å². The number of rotatable bonds is 5. The van der Waals surface area contributed by atoms with Crippen LogP contribution >= 0.6 is 0 Å². The van der Waals surface area contributed by atoms with Crippen molar-refractivity contribution >= 4 is 0 Å². The van der Waals surface area contributed by atoms with E-state index in [1.165, 1.54) is 57.3 Å². The van der Waals surface area contributed by atoms with Crippen LogP contribution in [0.4, 0.5) is 0 Å². The molecule has 0 spiro atoms. The molecule has 1 saturated carbocycles. The highest BCUT2D eigenvalue weighted by Gasteiger charge is 2.30. The molecule has 1 aliphatic carbocycles. The Labute approximate surface area is 122 Å². The summed E-state index contributed by atoms with van der Waals surface area (Å²) >= 11 is 0. The summed E-state index contributed by atoms with van der Waals surface area (Å²) in [5.74, 6) is 0.909. The van der Waals surface area contributed by atoms with Crippen LogP contribution < -0.4 is 5.73 Å². The average molecular weight is 276 g/mol. The Kier molecular flexibility index (Phi) is 4.41. The molecular formula is C16H28N4. The maximum atomic E-state index is 6.12. The molecule has 2 heterocycles. The Hall–Kier alpha value is -0.870. The summed E-state index contributed by atoms with van der Waals surface area (Å²) < 4.78 is 2.37. The molecule has 0 amide bonds. The number of hydrogen-bond acceptors (Lipinski definition) is 3. The van der Waals surface area contributed by atoms with Crippen molar-refractivity contribution < 1.29 is 0 Å². The van der Waals surface area contributed by atoms with E-state index in [9.17, 15) is 0 Å². The molecule has 1 aromatic heterocycles. The summed E-state index contributed by atoms with van der Waals surface area (Å²) in [6, 6.07) is 1.05. The molecule has 2 atom stereocenters. The lowest BCUT2D eigenvalue weighted by Crippen LogP contribution is -2.35. The first kappa shape index (κ1) is 14.1. The average Bonchev–Trinajstić information content (AvgIpc) is 3.25. The van der Waals surface area contributed by atoms with Crippen molar-refractivity contribution in [2.24, 2.45) is 11.7 Å². The third kappa shape index (κ3) is 2.91. The molecule has 1 aromatic rings. The van der Waals surface area contributed by atoms with Gasteiger partial charge in [-0.15, -0.1) is 0 Å². The van der Waals surface area contributed by atoms with E-state index in [1.807, 2.05) is 12.5 Å². The minimum atomic E-state index is 0.355. The van der Waals surface area contributed by atoms with Crippen molar-refractivity contribution in [3.8, 4) is 0 Å². The van der Waals surface area contributed by atoms with Gasteiger partial charge in [0.2, 0.25) is 0 Å². The van der Waals surface area contributed by atoms with Crippen molar-refractivity contribution in [2.75, 3.05) is 19.6 Å². The molecule has 1 aliphatic heterocycles. The second-order valence-corrected chi connectivity index (χ2v) is 6.45. The zero-order chi connectivity index (χ0) is 13.9. The van der Waals surface area contributed by atoms with Crippen LogP contribution in [0.25, 0.3) is 0 Å². The van der Waals surface area contributed by atoms with Gasteiger partial charge >= 0.3 is 0 Å². The monoisotopic (exact) mass is 276 g/mol. The summed E-state index contributed by atoms with van der Waals surface area (Å²) in [5.41, 5.74) is 7.46. The maximum absolute atomic E-state index is 6.12. The molecular weight excluding hydrogens is 248 g/mol. The van der Waals surface area contributed by atoms with E-state index in [1.54, 1.807) is 0 Å². The van der Waals surface area contributed by atoms with E-state index in [0.29, 0.717) is 18.6 Å². The van der Waals surface area contributed by atoms with Gasteiger partial charge in [0.15, 0.2) is 0 Å². The van der Waals surface area contributed by atoms with Gasteiger partial charge in [-0.2, -0.15) is 0 Å². The largest absolute Gasteiger partial charge is 0.330 e. The molecule has 0 radical (unpaired) electrons. The summed E-state index contributed by atoms with van der Waals surface area (Å²) in [7, 11) is 0. The fourth-order valence-corrected chi connectivity index (χ4v) is 3.60. The smallest absolute Gasteiger partial charge is 0.0951 e. The standard InChI is InChI=1S/C16H28N4/c1-2-13-4-3-8-19(9-7-13)15(10-17)16-11-18-12-20(16)14-5-6-14/h11-15H,2-10,17H2,1H3. The number of aromatic nitrogens is 2. The van der Waals surface area contributed by atoms with Gasteiger partial charge in [-0.1, -0.05) is 13.3 Å². The number of hydrogen-bond donors (Lipinski definition) is 1. The van der Waals surface area contributed by atoms with Gasteiger partial charge in [0, 0.05) is 18.8 Å². The molecule has 0 aromatic carbocycles. The van der Waals surface area contributed by atoms with Crippen LogP contribution in [0.2, 0.25) is 0 Å². The zero-order valence-corrected chi connectivity index (χ0v) is 12.7. The molecule has 0 bridgehead atoms. The van der Waals surface area contributed by atoms with Gasteiger partial charge in [0.1, 0.15) is 0 Å². The molecule has 112 valence electrons. The van der Waals surface area contributed by atoms with Crippen molar-refractivity contribution in [1.29, 1.82) is 0 Å². The zero-order valence-electron chi connectivity index (χ0n) is 12.7. The molecule has 20 heavy (non-hydrogen) atoms. The second-order valence-electron chi connectivity index (χ2n) is 6.45. The van der Waals surface area contributed by atoms with E-state index < -0.39 is 0 Å². The third-order valence-electron chi connectivity index (χ3n) is 5.10. The van der Waals surface area contributed by atoms with Crippen LogP contribution in [0.15, 0.2) is 12.5 Å². The van der Waals surface area contributed by atoms with E-state index in [-0.39, 0.29) is 0 Å². The fourth-order valence-electron chi connectivity index (χ4n) is 3.60. The Balaban J connectivity index is 1.73. The number of imidazole rings is 1. The van der Waals surface area contributed by atoms with Gasteiger partial charge in [-0.25, -0.2) is 4.98 Å². The highest BCUT2D eigenvalue weighted by atomic mass is 15.2. The number of likely N-dealkylation sites (tertiary alicyclic amines) is 1. The summed E-state index contributed by atoms with van der Waals surface area (Å²) in [6.07, 6.45) is 12.0. The SMILES string of the molecule is CCC1CCCN(C(CN)c2cncn2C2CC2)CC1. The minimum absolute atomic E-state index is 0.355. The Bertz CT molecular complexity index is 424. The first-order valence-electron chi connectivity index (χ1n) is 8.29. The molecule has 2 aliphatic rings. The van der Waals surface area contributed by atoms with Gasteiger partial charge < -0.3 is 10.3 Å².